The Labute approximate surface area is 94.6 Å². The molecule has 0 amide bonds. The van der Waals surface area contributed by atoms with E-state index in [-0.39, 0.29) is 33.0 Å². The molecule has 0 saturated carbocycles. The van der Waals surface area contributed by atoms with Crippen LogP contribution >= 0.6 is 27.5 Å². The Kier molecular flexibility index (Phi) is 3.50. The molecule has 0 unspecified atom stereocenters. The number of Topliss-reactive ketones (excluding diaryl/α,β-unsaturated/α-hetero) is 1. The van der Waals surface area contributed by atoms with Gasteiger partial charge in [-0.2, -0.15) is 5.26 Å². The van der Waals surface area contributed by atoms with E-state index in [9.17, 15) is 4.79 Å². The Morgan fingerprint density at radius 3 is 2.79 bits per heavy atom. The molecular formula is C9H6BrClN2O. The highest BCUT2D eigenvalue weighted by Crippen LogP contribution is 2.26. The van der Waals surface area contributed by atoms with Gasteiger partial charge in [-0.25, -0.2) is 0 Å². The van der Waals surface area contributed by atoms with Crippen molar-refractivity contribution >= 4 is 39.0 Å². The first-order valence-electron chi connectivity index (χ1n) is 3.69. The summed E-state index contributed by atoms with van der Waals surface area (Å²) in [6.45, 7) is 0. The van der Waals surface area contributed by atoms with Crippen LogP contribution in [0.25, 0.3) is 0 Å². The van der Waals surface area contributed by atoms with E-state index in [1.807, 2.05) is 6.07 Å². The number of benzene rings is 1. The summed E-state index contributed by atoms with van der Waals surface area (Å²) in [6, 6.07) is 4.87. The molecule has 1 rings (SSSR count). The van der Waals surface area contributed by atoms with Crippen LogP contribution in [0.15, 0.2) is 12.1 Å². The number of nitriles is 1. The number of nitrogen functional groups attached to an aromatic ring is 1. The summed E-state index contributed by atoms with van der Waals surface area (Å²) in [6.07, 6.45) is 0. The topological polar surface area (TPSA) is 66.9 Å². The average molecular weight is 274 g/mol. The van der Waals surface area contributed by atoms with Gasteiger partial charge in [-0.3, -0.25) is 4.79 Å². The van der Waals surface area contributed by atoms with Crippen LogP contribution < -0.4 is 5.73 Å². The van der Waals surface area contributed by atoms with Crippen molar-refractivity contribution in [3.05, 3.63) is 28.3 Å². The first-order valence-corrected chi connectivity index (χ1v) is 5.19. The Morgan fingerprint density at radius 1 is 1.64 bits per heavy atom. The van der Waals surface area contributed by atoms with Gasteiger partial charge in [0.15, 0.2) is 5.78 Å². The lowest BCUT2D eigenvalue weighted by Gasteiger charge is -2.06. The van der Waals surface area contributed by atoms with E-state index in [2.05, 4.69) is 15.9 Å². The zero-order chi connectivity index (χ0) is 10.7. The number of nitrogens with two attached hydrogens (primary N) is 1. The summed E-state index contributed by atoms with van der Waals surface area (Å²) in [5.74, 6) is -0.232. The second-order valence-corrected chi connectivity index (χ2v) is 3.52. The van der Waals surface area contributed by atoms with Crippen molar-refractivity contribution in [3.8, 4) is 6.07 Å². The fourth-order valence-corrected chi connectivity index (χ4v) is 1.59. The lowest BCUT2D eigenvalue weighted by atomic mass is 10.1. The number of alkyl halides is 1. The van der Waals surface area contributed by atoms with E-state index in [4.69, 9.17) is 22.6 Å². The van der Waals surface area contributed by atoms with Crippen LogP contribution in [0.4, 0.5) is 5.69 Å². The summed E-state index contributed by atoms with van der Waals surface area (Å²) in [5, 5.41) is 9.09. The predicted molar refractivity (Wildman–Crippen MR) is 58.7 cm³/mol. The minimum Gasteiger partial charge on any atom is -0.397 e. The molecule has 14 heavy (non-hydrogen) atoms. The molecule has 0 heterocycles. The van der Waals surface area contributed by atoms with Gasteiger partial charge in [0.2, 0.25) is 0 Å². The minimum absolute atomic E-state index is 0.131. The Balaban J connectivity index is 3.42. The third-order valence-electron chi connectivity index (χ3n) is 1.72. The molecule has 0 aliphatic carbocycles. The third kappa shape index (κ3) is 1.89. The van der Waals surface area contributed by atoms with E-state index >= 15 is 0 Å². The van der Waals surface area contributed by atoms with Gasteiger partial charge >= 0.3 is 0 Å². The molecule has 1 aromatic carbocycles. The highest BCUT2D eigenvalue weighted by molar-refractivity contribution is 9.09. The molecule has 0 aliphatic rings. The standard InChI is InChI=1S/C9H6BrClN2O/c10-3-7(14)8-6(11)2-1-5(4-12)9(8)13/h1-2H,3,13H2. The number of carbonyl (C=O) groups excluding carboxylic acids is 1. The van der Waals surface area contributed by atoms with Gasteiger partial charge in [-0.05, 0) is 12.1 Å². The van der Waals surface area contributed by atoms with Gasteiger partial charge in [-0.15, -0.1) is 0 Å². The molecule has 0 bridgehead atoms. The zero-order valence-electron chi connectivity index (χ0n) is 7.05. The van der Waals surface area contributed by atoms with Gasteiger partial charge < -0.3 is 5.73 Å². The summed E-state index contributed by atoms with van der Waals surface area (Å²) < 4.78 is 0. The predicted octanol–water partition coefficient (Wildman–Crippen LogP) is 2.37. The van der Waals surface area contributed by atoms with Gasteiger partial charge in [-0.1, -0.05) is 27.5 Å². The number of carbonyl (C=O) groups is 1. The largest absolute Gasteiger partial charge is 0.397 e. The van der Waals surface area contributed by atoms with Crippen molar-refractivity contribution in [2.45, 2.75) is 0 Å². The van der Waals surface area contributed by atoms with Crippen LogP contribution in [-0.4, -0.2) is 11.1 Å². The lowest BCUT2D eigenvalue weighted by molar-refractivity contribution is 0.102. The van der Waals surface area contributed by atoms with Crippen molar-refractivity contribution in [1.29, 1.82) is 5.26 Å². The van der Waals surface area contributed by atoms with Crippen LogP contribution in [0.1, 0.15) is 15.9 Å². The zero-order valence-corrected chi connectivity index (χ0v) is 9.39. The van der Waals surface area contributed by atoms with Gasteiger partial charge in [0.1, 0.15) is 6.07 Å². The van der Waals surface area contributed by atoms with E-state index in [1.54, 1.807) is 0 Å². The minimum atomic E-state index is -0.232. The number of halogens is 2. The molecule has 0 aromatic heterocycles. The highest BCUT2D eigenvalue weighted by Gasteiger charge is 2.15. The van der Waals surface area contributed by atoms with Gasteiger partial charge in [0.25, 0.3) is 0 Å². The molecule has 2 N–H and O–H groups in total. The normalized spacial score (nSPS) is 9.50. The molecule has 0 saturated heterocycles. The molecule has 72 valence electrons. The molecule has 0 aliphatic heterocycles. The van der Waals surface area contributed by atoms with E-state index < -0.39 is 0 Å². The summed E-state index contributed by atoms with van der Waals surface area (Å²) in [5.41, 5.74) is 6.24. The Morgan fingerprint density at radius 2 is 2.29 bits per heavy atom. The Hall–Kier alpha value is -1.05. The van der Waals surface area contributed by atoms with Crippen LogP contribution in [-0.2, 0) is 0 Å². The van der Waals surface area contributed by atoms with Crippen molar-refractivity contribution < 1.29 is 4.79 Å². The molecule has 0 spiro atoms. The van der Waals surface area contributed by atoms with Crippen molar-refractivity contribution in [2.75, 3.05) is 11.1 Å². The number of nitrogens with zero attached hydrogens (tertiary/aromatic N) is 1. The average Bonchev–Trinajstić information content (AvgIpc) is 2.18. The van der Waals surface area contributed by atoms with Crippen LogP contribution in [0.2, 0.25) is 5.02 Å². The van der Waals surface area contributed by atoms with E-state index in [1.165, 1.54) is 12.1 Å². The summed E-state index contributed by atoms with van der Waals surface area (Å²) in [7, 11) is 0. The second-order valence-electron chi connectivity index (χ2n) is 2.55. The number of ketones is 1. The van der Waals surface area contributed by atoms with Crippen molar-refractivity contribution in [2.24, 2.45) is 0 Å². The molecule has 3 nitrogen and oxygen atoms in total. The van der Waals surface area contributed by atoms with Gasteiger partial charge in [0, 0.05) is 0 Å². The SMILES string of the molecule is N#Cc1ccc(Cl)c(C(=O)CBr)c1N. The molecule has 0 fully saturated rings. The van der Waals surface area contributed by atoms with Crippen LogP contribution in [0.5, 0.6) is 0 Å². The molecular weight excluding hydrogens is 267 g/mol. The third-order valence-corrected chi connectivity index (χ3v) is 2.54. The first kappa shape index (κ1) is 11.0. The van der Waals surface area contributed by atoms with Gasteiger partial charge in [0.05, 0.1) is 27.2 Å². The molecule has 0 atom stereocenters. The summed E-state index contributed by atoms with van der Waals surface area (Å²) in [4.78, 5) is 11.4. The monoisotopic (exact) mass is 272 g/mol. The first-order chi connectivity index (χ1) is 6.61. The number of rotatable bonds is 2. The van der Waals surface area contributed by atoms with Crippen molar-refractivity contribution in [1.82, 2.24) is 0 Å². The molecule has 1 aromatic rings. The van der Waals surface area contributed by atoms with E-state index in [0.29, 0.717) is 0 Å². The fourth-order valence-electron chi connectivity index (χ4n) is 1.04. The van der Waals surface area contributed by atoms with E-state index in [0.717, 1.165) is 0 Å². The number of anilines is 1. The maximum Gasteiger partial charge on any atom is 0.176 e. The lowest BCUT2D eigenvalue weighted by Crippen LogP contribution is -2.07. The van der Waals surface area contributed by atoms with Crippen LogP contribution in [0, 0.1) is 11.3 Å². The maximum atomic E-state index is 11.4. The van der Waals surface area contributed by atoms with Crippen molar-refractivity contribution in [3.63, 3.8) is 0 Å². The maximum absolute atomic E-state index is 11.4. The number of hydrogen-bond acceptors (Lipinski definition) is 3. The number of hydrogen-bond donors (Lipinski definition) is 1. The van der Waals surface area contributed by atoms with Crippen LogP contribution in [0.3, 0.4) is 0 Å². The molecule has 0 radical (unpaired) electrons. The fraction of sp³-hybridized carbons (Fsp3) is 0.111. The smallest absolute Gasteiger partial charge is 0.176 e. The molecule has 5 heteroatoms. The second kappa shape index (κ2) is 4.45. The Bertz CT molecular complexity index is 426. The quantitative estimate of drug-likeness (QED) is 0.511. The summed E-state index contributed by atoms with van der Waals surface area (Å²) >= 11 is 8.82. The highest BCUT2D eigenvalue weighted by atomic mass is 79.9.